The first-order valence-corrected chi connectivity index (χ1v) is 4.76. The van der Waals surface area contributed by atoms with Crippen molar-refractivity contribution in [2.75, 3.05) is 6.61 Å². The molecule has 0 aromatic carbocycles. The lowest BCUT2D eigenvalue weighted by Gasteiger charge is -2.20. The largest absolute Gasteiger partial charge is 0.388 e. The van der Waals surface area contributed by atoms with Crippen LogP contribution in [-0.2, 0) is 9.53 Å². The number of rotatable bonds is 6. The highest BCUT2D eigenvalue weighted by Crippen LogP contribution is 2.11. The van der Waals surface area contributed by atoms with Gasteiger partial charge in [-0.3, -0.25) is 4.79 Å². The monoisotopic (exact) mass is 188 g/mol. The van der Waals surface area contributed by atoms with Crippen molar-refractivity contribution in [2.24, 2.45) is 5.92 Å². The van der Waals surface area contributed by atoms with Gasteiger partial charge in [-0.1, -0.05) is 13.8 Å². The Balaban J connectivity index is 4.10. The van der Waals surface area contributed by atoms with E-state index in [0.717, 1.165) is 0 Å². The second-order valence-corrected chi connectivity index (χ2v) is 3.93. The molecule has 0 amide bonds. The zero-order chi connectivity index (χ0) is 10.4. The molecule has 1 N–H and O–H groups in total. The van der Waals surface area contributed by atoms with Gasteiger partial charge in [0.15, 0.2) is 5.78 Å². The predicted molar refractivity (Wildman–Crippen MR) is 51.6 cm³/mol. The SMILES string of the molecule is CC(C)C[C@H](OC(C)C)C(=O)CO. The van der Waals surface area contributed by atoms with Gasteiger partial charge >= 0.3 is 0 Å². The molecule has 0 aromatic heterocycles. The summed E-state index contributed by atoms with van der Waals surface area (Å²) in [6.07, 6.45) is 0.265. The lowest BCUT2D eigenvalue weighted by atomic mass is 10.0. The van der Waals surface area contributed by atoms with Crippen molar-refractivity contribution in [3.8, 4) is 0 Å². The number of ketones is 1. The Morgan fingerprint density at radius 2 is 1.85 bits per heavy atom. The molecular weight excluding hydrogens is 168 g/mol. The third kappa shape index (κ3) is 5.77. The summed E-state index contributed by atoms with van der Waals surface area (Å²) in [4.78, 5) is 11.2. The van der Waals surface area contributed by atoms with Crippen molar-refractivity contribution in [1.82, 2.24) is 0 Å². The van der Waals surface area contributed by atoms with E-state index in [1.165, 1.54) is 0 Å². The molecule has 3 heteroatoms. The third-order valence-corrected chi connectivity index (χ3v) is 1.64. The Hall–Kier alpha value is -0.410. The van der Waals surface area contributed by atoms with Gasteiger partial charge in [-0.25, -0.2) is 0 Å². The van der Waals surface area contributed by atoms with Gasteiger partial charge < -0.3 is 9.84 Å². The molecule has 0 rings (SSSR count). The minimum Gasteiger partial charge on any atom is -0.388 e. The summed E-state index contributed by atoms with van der Waals surface area (Å²) in [6, 6.07) is 0. The molecule has 0 unspecified atom stereocenters. The number of aliphatic hydroxyl groups excluding tert-OH is 1. The molecule has 0 heterocycles. The quantitative estimate of drug-likeness (QED) is 0.685. The van der Waals surface area contributed by atoms with Gasteiger partial charge in [0.2, 0.25) is 0 Å². The van der Waals surface area contributed by atoms with Crippen molar-refractivity contribution in [2.45, 2.75) is 46.3 Å². The van der Waals surface area contributed by atoms with Crippen LogP contribution in [0.25, 0.3) is 0 Å². The number of aliphatic hydroxyl groups is 1. The van der Waals surface area contributed by atoms with E-state index in [-0.39, 0.29) is 11.9 Å². The van der Waals surface area contributed by atoms with Crippen molar-refractivity contribution < 1.29 is 14.6 Å². The molecular formula is C10H20O3. The van der Waals surface area contributed by atoms with Crippen LogP contribution in [0.4, 0.5) is 0 Å². The summed E-state index contributed by atoms with van der Waals surface area (Å²) in [5, 5.41) is 8.70. The molecule has 0 aromatic rings. The number of Topliss-reactive ketones (excluding diaryl/α,β-unsaturated/α-hetero) is 1. The molecule has 0 saturated carbocycles. The van der Waals surface area contributed by atoms with E-state index in [1.807, 2.05) is 27.7 Å². The van der Waals surface area contributed by atoms with Crippen LogP contribution in [0.5, 0.6) is 0 Å². The van der Waals surface area contributed by atoms with Gasteiger partial charge in [0.25, 0.3) is 0 Å². The summed E-state index contributed by atoms with van der Waals surface area (Å²) >= 11 is 0. The summed E-state index contributed by atoms with van der Waals surface area (Å²) < 4.78 is 5.40. The number of carbonyl (C=O) groups excluding carboxylic acids is 1. The number of hydrogen-bond donors (Lipinski definition) is 1. The fourth-order valence-corrected chi connectivity index (χ4v) is 1.12. The minimum atomic E-state index is -0.440. The predicted octanol–water partition coefficient (Wildman–Crippen LogP) is 1.39. The maximum atomic E-state index is 11.2. The van der Waals surface area contributed by atoms with Gasteiger partial charge in [-0.05, 0) is 26.2 Å². The molecule has 0 aliphatic heterocycles. The minimum absolute atomic E-state index is 0.0271. The lowest BCUT2D eigenvalue weighted by molar-refractivity contribution is -0.137. The smallest absolute Gasteiger partial charge is 0.186 e. The van der Waals surface area contributed by atoms with E-state index >= 15 is 0 Å². The molecule has 0 fully saturated rings. The fourth-order valence-electron chi connectivity index (χ4n) is 1.12. The van der Waals surface area contributed by atoms with Gasteiger partial charge in [0.1, 0.15) is 12.7 Å². The molecule has 3 nitrogen and oxygen atoms in total. The van der Waals surface area contributed by atoms with Crippen LogP contribution in [0.3, 0.4) is 0 Å². The van der Waals surface area contributed by atoms with E-state index in [9.17, 15) is 4.79 Å². The summed E-state index contributed by atoms with van der Waals surface area (Å²) in [5.74, 6) is 0.182. The first-order chi connectivity index (χ1) is 5.97. The molecule has 0 radical (unpaired) electrons. The van der Waals surface area contributed by atoms with Gasteiger partial charge in [0, 0.05) is 0 Å². The molecule has 13 heavy (non-hydrogen) atoms. The van der Waals surface area contributed by atoms with Crippen LogP contribution >= 0.6 is 0 Å². The van der Waals surface area contributed by atoms with Gasteiger partial charge in [0.05, 0.1) is 6.10 Å². The second kappa shape index (κ2) is 6.11. The highest BCUT2D eigenvalue weighted by Gasteiger charge is 2.20. The highest BCUT2D eigenvalue weighted by molar-refractivity contribution is 5.84. The van der Waals surface area contributed by atoms with E-state index in [0.29, 0.717) is 12.3 Å². The molecule has 1 atom stereocenters. The Morgan fingerprint density at radius 1 is 1.31 bits per heavy atom. The topological polar surface area (TPSA) is 46.5 Å². The maximum absolute atomic E-state index is 11.2. The molecule has 78 valence electrons. The van der Waals surface area contributed by atoms with Crippen LogP contribution in [-0.4, -0.2) is 29.7 Å². The number of hydrogen-bond acceptors (Lipinski definition) is 3. The van der Waals surface area contributed by atoms with Crippen molar-refractivity contribution in [3.63, 3.8) is 0 Å². The van der Waals surface area contributed by atoms with Crippen molar-refractivity contribution >= 4 is 5.78 Å². The first-order valence-electron chi connectivity index (χ1n) is 4.76. The lowest BCUT2D eigenvalue weighted by Crippen LogP contribution is -2.30. The zero-order valence-electron chi connectivity index (χ0n) is 8.91. The molecule has 0 spiro atoms. The number of ether oxygens (including phenoxy) is 1. The second-order valence-electron chi connectivity index (χ2n) is 3.93. The molecule has 0 aliphatic rings. The number of carbonyl (C=O) groups is 1. The Kier molecular flexibility index (Phi) is 5.91. The Bertz CT molecular complexity index is 142. The summed E-state index contributed by atoms with van der Waals surface area (Å²) in [7, 11) is 0. The highest BCUT2D eigenvalue weighted by atomic mass is 16.5. The standard InChI is InChI=1S/C10H20O3/c1-7(2)5-10(9(12)6-11)13-8(3)4/h7-8,10-11H,5-6H2,1-4H3/t10-/m0/s1. The van der Waals surface area contributed by atoms with Crippen molar-refractivity contribution in [1.29, 1.82) is 0 Å². The molecule has 0 saturated heterocycles. The van der Waals surface area contributed by atoms with Crippen molar-refractivity contribution in [3.05, 3.63) is 0 Å². The first kappa shape index (κ1) is 12.6. The van der Waals surface area contributed by atoms with Gasteiger partial charge in [-0.15, -0.1) is 0 Å². The third-order valence-electron chi connectivity index (χ3n) is 1.64. The van der Waals surface area contributed by atoms with E-state index in [2.05, 4.69) is 0 Å². The normalized spacial score (nSPS) is 13.8. The summed E-state index contributed by atoms with van der Waals surface area (Å²) in [5.41, 5.74) is 0. The molecule has 0 bridgehead atoms. The van der Waals surface area contributed by atoms with Crippen LogP contribution in [0.2, 0.25) is 0 Å². The molecule has 0 aliphatic carbocycles. The van der Waals surface area contributed by atoms with Crippen LogP contribution < -0.4 is 0 Å². The van der Waals surface area contributed by atoms with Crippen LogP contribution in [0.15, 0.2) is 0 Å². The average Bonchev–Trinajstić information content (AvgIpc) is 2.00. The fraction of sp³-hybridized carbons (Fsp3) is 0.900. The zero-order valence-corrected chi connectivity index (χ0v) is 8.91. The Morgan fingerprint density at radius 3 is 2.15 bits per heavy atom. The Labute approximate surface area is 80.1 Å². The van der Waals surface area contributed by atoms with E-state index in [1.54, 1.807) is 0 Å². The summed E-state index contributed by atoms with van der Waals surface area (Å²) in [6.45, 7) is 7.41. The van der Waals surface area contributed by atoms with Crippen LogP contribution in [0.1, 0.15) is 34.1 Å². The van der Waals surface area contributed by atoms with Crippen LogP contribution in [0, 0.1) is 5.92 Å². The maximum Gasteiger partial charge on any atom is 0.186 e. The average molecular weight is 188 g/mol. The van der Waals surface area contributed by atoms with Gasteiger partial charge in [-0.2, -0.15) is 0 Å². The van der Waals surface area contributed by atoms with E-state index < -0.39 is 12.7 Å². The van der Waals surface area contributed by atoms with E-state index in [4.69, 9.17) is 9.84 Å².